The van der Waals surface area contributed by atoms with Crippen LogP contribution in [0, 0.1) is 5.92 Å². The molecule has 12 heavy (non-hydrogen) atoms. The number of rotatable bonds is 4. The van der Waals surface area contributed by atoms with Crippen LogP contribution in [0.25, 0.3) is 0 Å². The van der Waals surface area contributed by atoms with Gasteiger partial charge in [0.25, 0.3) is 0 Å². The van der Waals surface area contributed by atoms with Crippen molar-refractivity contribution in [3.63, 3.8) is 0 Å². The van der Waals surface area contributed by atoms with Crippen molar-refractivity contribution in [1.82, 2.24) is 5.32 Å². The van der Waals surface area contributed by atoms with Crippen LogP contribution in [-0.2, 0) is 4.74 Å². The van der Waals surface area contributed by atoms with Gasteiger partial charge in [-0.25, -0.2) is 0 Å². The summed E-state index contributed by atoms with van der Waals surface area (Å²) in [4.78, 5) is 0. The molecular formula is C9H19NOS. The lowest BCUT2D eigenvalue weighted by molar-refractivity contribution is 0.153. The Morgan fingerprint density at radius 3 is 2.92 bits per heavy atom. The SMILES string of the molecule is CCC1CSC(C(C)COC)N1. The molecule has 3 unspecified atom stereocenters. The third-order valence-corrected chi connectivity index (χ3v) is 3.87. The van der Waals surface area contributed by atoms with Crippen molar-refractivity contribution in [1.29, 1.82) is 0 Å². The predicted molar refractivity (Wildman–Crippen MR) is 54.5 cm³/mol. The Morgan fingerprint density at radius 2 is 2.42 bits per heavy atom. The molecule has 0 bridgehead atoms. The number of methoxy groups -OCH3 is 1. The Balaban J connectivity index is 2.25. The lowest BCUT2D eigenvalue weighted by Crippen LogP contribution is -2.34. The van der Waals surface area contributed by atoms with Gasteiger partial charge in [-0.3, -0.25) is 0 Å². The minimum absolute atomic E-state index is 0.606. The molecule has 3 heteroatoms. The maximum atomic E-state index is 5.13. The second-order valence-electron chi connectivity index (χ2n) is 3.46. The topological polar surface area (TPSA) is 21.3 Å². The quantitative estimate of drug-likeness (QED) is 0.727. The van der Waals surface area contributed by atoms with E-state index < -0.39 is 0 Å². The van der Waals surface area contributed by atoms with E-state index in [0.717, 1.165) is 12.6 Å². The van der Waals surface area contributed by atoms with E-state index in [0.29, 0.717) is 11.3 Å². The van der Waals surface area contributed by atoms with Crippen LogP contribution in [0.4, 0.5) is 0 Å². The third-order valence-electron chi connectivity index (χ3n) is 2.32. The zero-order valence-electron chi connectivity index (χ0n) is 8.17. The molecule has 0 saturated carbocycles. The van der Waals surface area contributed by atoms with Crippen LogP contribution in [0.3, 0.4) is 0 Å². The molecule has 0 aromatic heterocycles. The summed E-state index contributed by atoms with van der Waals surface area (Å²) in [5.41, 5.74) is 0. The van der Waals surface area contributed by atoms with Gasteiger partial charge >= 0.3 is 0 Å². The molecule has 1 saturated heterocycles. The van der Waals surface area contributed by atoms with E-state index in [-0.39, 0.29) is 0 Å². The fourth-order valence-corrected chi connectivity index (χ4v) is 2.93. The second-order valence-corrected chi connectivity index (χ2v) is 4.63. The Labute approximate surface area is 79.4 Å². The van der Waals surface area contributed by atoms with Gasteiger partial charge in [0.05, 0.1) is 12.0 Å². The molecule has 0 aromatic rings. The molecule has 0 radical (unpaired) electrons. The molecular weight excluding hydrogens is 170 g/mol. The zero-order valence-corrected chi connectivity index (χ0v) is 8.99. The van der Waals surface area contributed by atoms with E-state index >= 15 is 0 Å². The second kappa shape index (κ2) is 5.10. The number of thioether (sulfide) groups is 1. The van der Waals surface area contributed by atoms with Gasteiger partial charge in [-0.05, 0) is 6.42 Å². The van der Waals surface area contributed by atoms with E-state index in [1.165, 1.54) is 12.2 Å². The van der Waals surface area contributed by atoms with Crippen molar-refractivity contribution in [3.05, 3.63) is 0 Å². The Morgan fingerprint density at radius 1 is 1.67 bits per heavy atom. The lowest BCUT2D eigenvalue weighted by atomic mass is 10.1. The van der Waals surface area contributed by atoms with Crippen LogP contribution in [0.15, 0.2) is 0 Å². The molecule has 1 rings (SSSR count). The maximum Gasteiger partial charge on any atom is 0.0583 e. The van der Waals surface area contributed by atoms with Gasteiger partial charge in [-0.15, -0.1) is 11.8 Å². The molecule has 0 spiro atoms. The predicted octanol–water partition coefficient (Wildman–Crippen LogP) is 1.71. The molecule has 1 heterocycles. The van der Waals surface area contributed by atoms with Crippen molar-refractivity contribution in [2.45, 2.75) is 31.7 Å². The number of nitrogens with one attached hydrogen (secondary N) is 1. The summed E-state index contributed by atoms with van der Waals surface area (Å²) in [6, 6.07) is 0.722. The number of hydrogen-bond acceptors (Lipinski definition) is 3. The standard InChI is InChI=1S/C9H19NOS/c1-4-8-6-12-9(10-8)7(2)5-11-3/h7-10H,4-6H2,1-3H3. The van der Waals surface area contributed by atoms with Crippen LogP contribution in [0.5, 0.6) is 0 Å². The van der Waals surface area contributed by atoms with Crippen molar-refractivity contribution in [3.8, 4) is 0 Å². The molecule has 1 N–H and O–H groups in total. The van der Waals surface area contributed by atoms with Crippen LogP contribution >= 0.6 is 11.8 Å². The molecule has 0 aromatic carbocycles. The first kappa shape index (κ1) is 10.4. The molecule has 3 atom stereocenters. The Kier molecular flexibility index (Phi) is 4.40. The highest BCUT2D eigenvalue weighted by Gasteiger charge is 2.26. The van der Waals surface area contributed by atoms with E-state index in [1.54, 1.807) is 7.11 Å². The summed E-state index contributed by atoms with van der Waals surface area (Å²) < 4.78 is 5.13. The van der Waals surface area contributed by atoms with Gasteiger partial charge in [0, 0.05) is 24.8 Å². The third kappa shape index (κ3) is 2.64. The fraction of sp³-hybridized carbons (Fsp3) is 1.00. The van der Waals surface area contributed by atoms with Gasteiger partial charge in [0.2, 0.25) is 0 Å². The average Bonchev–Trinajstić information content (AvgIpc) is 2.52. The van der Waals surface area contributed by atoms with Gasteiger partial charge < -0.3 is 10.1 Å². The van der Waals surface area contributed by atoms with Crippen molar-refractivity contribution in [2.75, 3.05) is 19.5 Å². The first-order valence-electron chi connectivity index (χ1n) is 4.64. The van der Waals surface area contributed by atoms with Crippen molar-refractivity contribution >= 4 is 11.8 Å². The minimum atomic E-state index is 0.606. The van der Waals surface area contributed by atoms with Crippen LogP contribution < -0.4 is 5.32 Å². The van der Waals surface area contributed by atoms with Crippen LogP contribution in [-0.4, -0.2) is 30.9 Å². The molecule has 2 nitrogen and oxygen atoms in total. The van der Waals surface area contributed by atoms with Crippen molar-refractivity contribution < 1.29 is 4.74 Å². The van der Waals surface area contributed by atoms with Crippen LogP contribution in [0.2, 0.25) is 0 Å². The largest absolute Gasteiger partial charge is 0.384 e. The van der Waals surface area contributed by atoms with Gasteiger partial charge in [0.15, 0.2) is 0 Å². The Hall–Kier alpha value is 0.270. The summed E-state index contributed by atoms with van der Waals surface area (Å²) >= 11 is 2.03. The first-order valence-corrected chi connectivity index (χ1v) is 5.69. The fourth-order valence-electron chi connectivity index (χ4n) is 1.46. The molecule has 72 valence electrons. The van der Waals surface area contributed by atoms with Crippen molar-refractivity contribution in [2.24, 2.45) is 5.92 Å². The normalized spacial score (nSPS) is 32.2. The number of hydrogen-bond donors (Lipinski definition) is 1. The van der Waals surface area contributed by atoms with Gasteiger partial charge in [0.1, 0.15) is 0 Å². The first-order chi connectivity index (χ1) is 5.77. The molecule has 0 aliphatic carbocycles. The van der Waals surface area contributed by atoms with E-state index in [4.69, 9.17) is 4.74 Å². The van der Waals surface area contributed by atoms with Gasteiger partial charge in [-0.1, -0.05) is 13.8 Å². The Bertz CT molecular complexity index is 132. The molecule has 0 amide bonds. The van der Waals surface area contributed by atoms with E-state index in [2.05, 4.69) is 19.2 Å². The summed E-state index contributed by atoms with van der Waals surface area (Å²) in [5.74, 6) is 1.88. The molecule has 1 fully saturated rings. The highest BCUT2D eigenvalue weighted by Crippen LogP contribution is 2.26. The monoisotopic (exact) mass is 189 g/mol. The van der Waals surface area contributed by atoms with Gasteiger partial charge in [-0.2, -0.15) is 0 Å². The van der Waals surface area contributed by atoms with Crippen LogP contribution in [0.1, 0.15) is 20.3 Å². The summed E-state index contributed by atoms with van der Waals surface area (Å²) in [6.07, 6.45) is 1.24. The highest BCUT2D eigenvalue weighted by molar-refractivity contribution is 8.00. The summed E-state index contributed by atoms with van der Waals surface area (Å²) in [6.45, 7) is 5.34. The van der Waals surface area contributed by atoms with E-state index in [1.807, 2.05) is 11.8 Å². The summed E-state index contributed by atoms with van der Waals surface area (Å²) in [5, 5.41) is 4.21. The zero-order chi connectivity index (χ0) is 8.97. The van der Waals surface area contributed by atoms with E-state index in [9.17, 15) is 0 Å². The lowest BCUT2D eigenvalue weighted by Gasteiger charge is -2.18. The summed E-state index contributed by atoms with van der Waals surface area (Å²) in [7, 11) is 1.77. The highest BCUT2D eigenvalue weighted by atomic mass is 32.2. The average molecular weight is 189 g/mol. The minimum Gasteiger partial charge on any atom is -0.384 e. The maximum absolute atomic E-state index is 5.13. The molecule has 1 aliphatic rings. The number of ether oxygens (including phenoxy) is 1. The molecule has 1 aliphatic heterocycles. The smallest absolute Gasteiger partial charge is 0.0583 e.